The van der Waals surface area contributed by atoms with Gasteiger partial charge in [0.1, 0.15) is 5.82 Å². The summed E-state index contributed by atoms with van der Waals surface area (Å²) >= 11 is 0. The summed E-state index contributed by atoms with van der Waals surface area (Å²) in [5, 5.41) is 3.34. The van der Waals surface area contributed by atoms with Crippen LogP contribution in [0.15, 0.2) is 12.3 Å². The summed E-state index contributed by atoms with van der Waals surface area (Å²) in [6.45, 7) is 10.9. The van der Waals surface area contributed by atoms with Crippen molar-refractivity contribution < 1.29 is 4.74 Å². The van der Waals surface area contributed by atoms with E-state index in [1.54, 1.807) is 0 Å². The summed E-state index contributed by atoms with van der Waals surface area (Å²) in [5.41, 5.74) is 2.51. The fourth-order valence-corrected chi connectivity index (χ4v) is 2.56. The highest BCUT2D eigenvalue weighted by Gasteiger charge is 2.23. The molecular formula is C15H25N3O. The number of anilines is 1. The van der Waals surface area contributed by atoms with Crippen molar-refractivity contribution in [2.24, 2.45) is 0 Å². The zero-order valence-electron chi connectivity index (χ0n) is 12.3. The molecule has 1 aliphatic heterocycles. The molecule has 2 heterocycles. The van der Waals surface area contributed by atoms with Crippen molar-refractivity contribution in [2.75, 3.05) is 31.2 Å². The highest BCUT2D eigenvalue weighted by molar-refractivity contribution is 5.48. The molecule has 19 heavy (non-hydrogen) atoms. The summed E-state index contributed by atoms with van der Waals surface area (Å²) in [4.78, 5) is 7.08. The van der Waals surface area contributed by atoms with E-state index in [-0.39, 0.29) is 0 Å². The number of aromatic nitrogens is 1. The Bertz CT molecular complexity index is 408. The van der Waals surface area contributed by atoms with Gasteiger partial charge in [0.2, 0.25) is 0 Å². The molecule has 1 N–H and O–H groups in total. The van der Waals surface area contributed by atoms with Gasteiger partial charge < -0.3 is 15.0 Å². The predicted molar refractivity (Wildman–Crippen MR) is 78.6 cm³/mol. The lowest BCUT2D eigenvalue weighted by atomic mass is 10.1. The van der Waals surface area contributed by atoms with E-state index < -0.39 is 0 Å². The maximum absolute atomic E-state index is 5.56. The van der Waals surface area contributed by atoms with Gasteiger partial charge in [0, 0.05) is 19.3 Å². The molecule has 1 atom stereocenters. The molecule has 4 nitrogen and oxygen atoms in total. The van der Waals surface area contributed by atoms with Gasteiger partial charge in [-0.3, -0.25) is 0 Å². The SMILES string of the molecule is CCNCc1cnc(N2CCOCC2CC)c(C)c1. The van der Waals surface area contributed by atoms with Crippen LogP contribution in [0, 0.1) is 6.92 Å². The summed E-state index contributed by atoms with van der Waals surface area (Å²) in [5.74, 6) is 1.12. The van der Waals surface area contributed by atoms with E-state index in [4.69, 9.17) is 4.74 Å². The number of nitrogens with one attached hydrogen (secondary N) is 1. The van der Waals surface area contributed by atoms with E-state index >= 15 is 0 Å². The number of morpholine rings is 1. The second-order valence-electron chi connectivity index (χ2n) is 5.09. The van der Waals surface area contributed by atoms with Crippen molar-refractivity contribution >= 4 is 5.82 Å². The van der Waals surface area contributed by atoms with E-state index in [2.05, 4.69) is 42.0 Å². The minimum absolute atomic E-state index is 0.458. The number of pyridine rings is 1. The maximum atomic E-state index is 5.56. The molecule has 106 valence electrons. The quantitative estimate of drug-likeness (QED) is 0.883. The normalized spacial score (nSPS) is 19.7. The third-order valence-corrected chi connectivity index (χ3v) is 3.66. The first-order chi connectivity index (χ1) is 9.26. The predicted octanol–water partition coefficient (Wildman–Crippen LogP) is 2.11. The second-order valence-corrected chi connectivity index (χ2v) is 5.09. The van der Waals surface area contributed by atoms with Crippen molar-refractivity contribution in [1.29, 1.82) is 0 Å². The fourth-order valence-electron chi connectivity index (χ4n) is 2.56. The molecule has 0 amide bonds. The topological polar surface area (TPSA) is 37.4 Å². The first-order valence-corrected chi connectivity index (χ1v) is 7.26. The standard InChI is InChI=1S/C15H25N3O/c1-4-14-11-19-7-6-18(14)15-12(3)8-13(10-17-15)9-16-5-2/h8,10,14,16H,4-7,9,11H2,1-3H3. The van der Waals surface area contributed by atoms with Gasteiger partial charge in [-0.05, 0) is 37.1 Å². The van der Waals surface area contributed by atoms with Crippen LogP contribution in [0.5, 0.6) is 0 Å². The zero-order valence-corrected chi connectivity index (χ0v) is 12.3. The van der Waals surface area contributed by atoms with Gasteiger partial charge in [0.25, 0.3) is 0 Å². The molecule has 1 aromatic heterocycles. The third-order valence-electron chi connectivity index (χ3n) is 3.66. The van der Waals surface area contributed by atoms with E-state index in [0.29, 0.717) is 6.04 Å². The van der Waals surface area contributed by atoms with Crippen LogP contribution in [0.25, 0.3) is 0 Å². The first kappa shape index (κ1) is 14.3. The van der Waals surface area contributed by atoms with Crippen LogP contribution >= 0.6 is 0 Å². The Hall–Kier alpha value is -1.13. The molecule has 4 heteroatoms. The van der Waals surface area contributed by atoms with Crippen molar-refractivity contribution in [2.45, 2.75) is 39.8 Å². The zero-order chi connectivity index (χ0) is 13.7. The van der Waals surface area contributed by atoms with Crippen LogP contribution < -0.4 is 10.2 Å². The molecule has 1 aromatic rings. The first-order valence-electron chi connectivity index (χ1n) is 7.26. The van der Waals surface area contributed by atoms with Crippen LogP contribution in [0.3, 0.4) is 0 Å². The highest BCUT2D eigenvalue weighted by Crippen LogP contribution is 2.23. The van der Waals surface area contributed by atoms with Crippen LogP contribution in [-0.2, 0) is 11.3 Å². The number of rotatable bonds is 5. The molecule has 2 rings (SSSR count). The Balaban J connectivity index is 2.14. The molecule has 0 spiro atoms. The molecular weight excluding hydrogens is 238 g/mol. The number of nitrogens with zero attached hydrogens (tertiary/aromatic N) is 2. The van der Waals surface area contributed by atoms with Crippen molar-refractivity contribution in [3.8, 4) is 0 Å². The van der Waals surface area contributed by atoms with Gasteiger partial charge in [0.05, 0.1) is 19.3 Å². The van der Waals surface area contributed by atoms with Gasteiger partial charge in [-0.1, -0.05) is 13.8 Å². The fraction of sp³-hybridized carbons (Fsp3) is 0.667. The average molecular weight is 263 g/mol. The van der Waals surface area contributed by atoms with Crippen LogP contribution in [-0.4, -0.2) is 37.3 Å². The number of hydrogen-bond acceptors (Lipinski definition) is 4. The second kappa shape index (κ2) is 6.87. The maximum Gasteiger partial charge on any atom is 0.131 e. The Kier molecular flexibility index (Phi) is 5.16. The molecule has 1 unspecified atom stereocenters. The van der Waals surface area contributed by atoms with Crippen molar-refractivity contribution in [3.63, 3.8) is 0 Å². The van der Waals surface area contributed by atoms with E-state index in [9.17, 15) is 0 Å². The Labute approximate surface area is 116 Å². The number of ether oxygens (including phenoxy) is 1. The van der Waals surface area contributed by atoms with Gasteiger partial charge in [0.15, 0.2) is 0 Å². The van der Waals surface area contributed by atoms with Crippen molar-refractivity contribution in [1.82, 2.24) is 10.3 Å². The summed E-state index contributed by atoms with van der Waals surface area (Å²) in [6.07, 6.45) is 3.09. The van der Waals surface area contributed by atoms with Crippen LogP contribution in [0.4, 0.5) is 5.82 Å². The lowest BCUT2D eigenvalue weighted by Gasteiger charge is -2.36. The highest BCUT2D eigenvalue weighted by atomic mass is 16.5. The summed E-state index contributed by atoms with van der Waals surface area (Å²) < 4.78 is 5.56. The summed E-state index contributed by atoms with van der Waals surface area (Å²) in [7, 11) is 0. The van der Waals surface area contributed by atoms with Crippen LogP contribution in [0.2, 0.25) is 0 Å². The van der Waals surface area contributed by atoms with E-state index in [1.807, 2.05) is 6.20 Å². The number of hydrogen-bond donors (Lipinski definition) is 1. The van der Waals surface area contributed by atoms with Gasteiger partial charge in [-0.15, -0.1) is 0 Å². The molecule has 0 aliphatic carbocycles. The molecule has 1 aliphatic rings. The molecule has 0 saturated carbocycles. The smallest absolute Gasteiger partial charge is 0.131 e. The van der Waals surface area contributed by atoms with Gasteiger partial charge in [-0.2, -0.15) is 0 Å². The Morgan fingerprint density at radius 1 is 1.47 bits per heavy atom. The minimum atomic E-state index is 0.458. The Morgan fingerprint density at radius 3 is 3.00 bits per heavy atom. The van der Waals surface area contributed by atoms with E-state index in [0.717, 1.165) is 45.1 Å². The molecule has 0 aromatic carbocycles. The molecule has 1 fully saturated rings. The van der Waals surface area contributed by atoms with Gasteiger partial charge >= 0.3 is 0 Å². The Morgan fingerprint density at radius 2 is 2.32 bits per heavy atom. The molecule has 0 radical (unpaired) electrons. The minimum Gasteiger partial charge on any atom is -0.377 e. The third kappa shape index (κ3) is 3.45. The largest absolute Gasteiger partial charge is 0.377 e. The monoisotopic (exact) mass is 263 g/mol. The molecule has 0 bridgehead atoms. The van der Waals surface area contributed by atoms with Crippen molar-refractivity contribution in [3.05, 3.63) is 23.4 Å². The van der Waals surface area contributed by atoms with Crippen LogP contribution in [0.1, 0.15) is 31.4 Å². The average Bonchev–Trinajstić information content (AvgIpc) is 2.45. The lowest BCUT2D eigenvalue weighted by Crippen LogP contribution is -2.46. The number of aryl methyl sites for hydroxylation is 1. The van der Waals surface area contributed by atoms with E-state index in [1.165, 1.54) is 11.1 Å². The van der Waals surface area contributed by atoms with Gasteiger partial charge in [-0.25, -0.2) is 4.98 Å². The molecule has 1 saturated heterocycles. The lowest BCUT2D eigenvalue weighted by molar-refractivity contribution is 0.0925. The summed E-state index contributed by atoms with van der Waals surface area (Å²) in [6, 6.07) is 2.70.